The molecule has 1 aliphatic carbocycles. The number of nitrogens with one attached hydrogen (secondary N) is 1. The van der Waals surface area contributed by atoms with E-state index in [4.69, 9.17) is 10.5 Å². The molecular weight excluding hydrogens is 264 g/mol. The topological polar surface area (TPSA) is 64.3 Å². The highest BCUT2D eigenvalue weighted by atomic mass is 16.5. The second kappa shape index (κ2) is 7.34. The maximum absolute atomic E-state index is 11.6. The van der Waals surface area contributed by atoms with Crippen LogP contribution < -0.4 is 11.1 Å². The molecule has 2 rings (SSSR count). The standard InChI is InChI=1S/C17H26N2O2/c1-12-6-8-13(9-7-12)10-11-19-15-5-3-4-14(16(15)18)17(20)21-2/h3-5,12-13,19H,6-11,18H2,1-2H3. The number of carbonyl (C=O) groups is 1. The van der Waals surface area contributed by atoms with Crippen molar-refractivity contribution in [1.29, 1.82) is 0 Å². The number of nitrogens with two attached hydrogens (primary N) is 1. The summed E-state index contributed by atoms with van der Waals surface area (Å²) in [7, 11) is 1.37. The number of benzene rings is 1. The highest BCUT2D eigenvalue weighted by molar-refractivity contribution is 5.98. The van der Waals surface area contributed by atoms with Crippen LogP contribution in [0.2, 0.25) is 0 Å². The van der Waals surface area contributed by atoms with Crippen LogP contribution in [0, 0.1) is 11.8 Å². The van der Waals surface area contributed by atoms with E-state index in [2.05, 4.69) is 12.2 Å². The molecule has 21 heavy (non-hydrogen) atoms. The molecule has 0 atom stereocenters. The molecule has 0 amide bonds. The number of hydrogen-bond donors (Lipinski definition) is 2. The molecule has 1 aromatic rings. The fourth-order valence-corrected chi connectivity index (χ4v) is 3.04. The van der Waals surface area contributed by atoms with Crippen molar-refractivity contribution < 1.29 is 9.53 Å². The average molecular weight is 290 g/mol. The predicted octanol–water partition coefficient (Wildman–Crippen LogP) is 3.68. The van der Waals surface area contributed by atoms with Gasteiger partial charge in [0.2, 0.25) is 0 Å². The molecule has 4 heteroatoms. The summed E-state index contributed by atoms with van der Waals surface area (Å²) >= 11 is 0. The van der Waals surface area contributed by atoms with Crippen LogP contribution in [0.15, 0.2) is 18.2 Å². The van der Waals surface area contributed by atoms with E-state index >= 15 is 0 Å². The van der Waals surface area contributed by atoms with Gasteiger partial charge in [-0.1, -0.05) is 38.7 Å². The number of carbonyl (C=O) groups excluding carboxylic acids is 1. The molecule has 0 aliphatic heterocycles. The van der Waals surface area contributed by atoms with Crippen LogP contribution in [-0.2, 0) is 4.74 Å². The second-order valence-electron chi connectivity index (χ2n) is 6.10. The summed E-state index contributed by atoms with van der Waals surface area (Å²) < 4.78 is 4.74. The van der Waals surface area contributed by atoms with Gasteiger partial charge in [0, 0.05) is 6.54 Å². The highest BCUT2D eigenvalue weighted by Gasteiger charge is 2.18. The van der Waals surface area contributed by atoms with E-state index in [0.717, 1.165) is 30.5 Å². The van der Waals surface area contributed by atoms with Gasteiger partial charge in [-0.15, -0.1) is 0 Å². The van der Waals surface area contributed by atoms with Crippen LogP contribution in [0.5, 0.6) is 0 Å². The maximum Gasteiger partial charge on any atom is 0.340 e. The third kappa shape index (κ3) is 4.13. The molecule has 1 aliphatic rings. The molecule has 0 bridgehead atoms. The molecule has 0 aromatic heterocycles. The van der Waals surface area contributed by atoms with Crippen LogP contribution in [0.3, 0.4) is 0 Å². The van der Waals surface area contributed by atoms with Gasteiger partial charge in [-0.05, 0) is 30.4 Å². The SMILES string of the molecule is COC(=O)c1cccc(NCCC2CCC(C)CC2)c1N. The summed E-state index contributed by atoms with van der Waals surface area (Å²) in [4.78, 5) is 11.6. The predicted molar refractivity (Wildman–Crippen MR) is 86.4 cm³/mol. The summed E-state index contributed by atoms with van der Waals surface area (Å²) in [6.45, 7) is 3.24. The van der Waals surface area contributed by atoms with Gasteiger partial charge in [-0.3, -0.25) is 0 Å². The third-order valence-electron chi connectivity index (χ3n) is 4.51. The Hall–Kier alpha value is -1.71. The summed E-state index contributed by atoms with van der Waals surface area (Å²) in [6.07, 6.45) is 6.53. The Morgan fingerprint density at radius 2 is 2.05 bits per heavy atom. The van der Waals surface area contributed by atoms with Gasteiger partial charge in [0.25, 0.3) is 0 Å². The van der Waals surface area contributed by atoms with Crippen LogP contribution in [-0.4, -0.2) is 19.6 Å². The van der Waals surface area contributed by atoms with Gasteiger partial charge in [-0.25, -0.2) is 4.79 Å². The van der Waals surface area contributed by atoms with Crippen LogP contribution in [0.4, 0.5) is 11.4 Å². The zero-order valence-electron chi connectivity index (χ0n) is 13.0. The Balaban J connectivity index is 1.87. The Kier molecular flexibility index (Phi) is 5.48. The minimum absolute atomic E-state index is 0.391. The molecule has 0 spiro atoms. The Morgan fingerprint density at radius 1 is 1.33 bits per heavy atom. The molecule has 4 nitrogen and oxygen atoms in total. The molecule has 3 N–H and O–H groups in total. The van der Waals surface area contributed by atoms with Crippen molar-refractivity contribution in [2.45, 2.75) is 39.0 Å². The minimum Gasteiger partial charge on any atom is -0.465 e. The monoisotopic (exact) mass is 290 g/mol. The van der Waals surface area contributed by atoms with Crippen molar-refractivity contribution in [3.05, 3.63) is 23.8 Å². The van der Waals surface area contributed by atoms with Crippen molar-refractivity contribution in [2.75, 3.05) is 24.7 Å². The molecule has 0 radical (unpaired) electrons. The Bertz CT molecular complexity index is 480. The van der Waals surface area contributed by atoms with Gasteiger partial charge >= 0.3 is 5.97 Å². The van der Waals surface area contributed by atoms with Crippen molar-refractivity contribution in [3.8, 4) is 0 Å². The van der Waals surface area contributed by atoms with E-state index in [1.165, 1.54) is 32.8 Å². The summed E-state index contributed by atoms with van der Waals surface area (Å²) in [5.41, 5.74) is 7.75. The second-order valence-corrected chi connectivity index (χ2v) is 6.10. The third-order valence-corrected chi connectivity index (χ3v) is 4.51. The van der Waals surface area contributed by atoms with Gasteiger partial charge < -0.3 is 15.8 Å². The minimum atomic E-state index is -0.391. The van der Waals surface area contributed by atoms with Crippen LogP contribution in [0.25, 0.3) is 0 Å². The Labute approximate surface area is 127 Å². The number of anilines is 2. The van der Waals surface area contributed by atoms with Crippen molar-refractivity contribution in [2.24, 2.45) is 11.8 Å². The molecule has 0 heterocycles. The van der Waals surface area contributed by atoms with Gasteiger partial charge in [0.05, 0.1) is 24.0 Å². The summed E-state index contributed by atoms with van der Waals surface area (Å²) in [6, 6.07) is 5.42. The number of rotatable bonds is 5. The lowest BCUT2D eigenvalue weighted by Crippen LogP contribution is -2.16. The van der Waals surface area contributed by atoms with Gasteiger partial charge in [0.15, 0.2) is 0 Å². The van der Waals surface area contributed by atoms with Crippen molar-refractivity contribution >= 4 is 17.3 Å². The lowest BCUT2D eigenvalue weighted by Gasteiger charge is -2.26. The quantitative estimate of drug-likeness (QED) is 0.641. The molecule has 1 aromatic carbocycles. The number of hydrogen-bond acceptors (Lipinski definition) is 4. The van der Waals surface area contributed by atoms with Crippen molar-refractivity contribution in [1.82, 2.24) is 0 Å². The first-order chi connectivity index (χ1) is 10.1. The summed E-state index contributed by atoms with van der Waals surface area (Å²) in [5.74, 6) is 1.32. The van der Waals surface area contributed by atoms with E-state index in [1.54, 1.807) is 6.07 Å². The molecule has 0 unspecified atom stereocenters. The lowest BCUT2D eigenvalue weighted by molar-refractivity contribution is 0.0602. The van der Waals surface area contributed by atoms with Crippen LogP contribution >= 0.6 is 0 Å². The average Bonchev–Trinajstić information content (AvgIpc) is 2.50. The first kappa shape index (κ1) is 15.7. The van der Waals surface area contributed by atoms with E-state index in [-0.39, 0.29) is 0 Å². The molecule has 0 saturated heterocycles. The summed E-state index contributed by atoms with van der Waals surface area (Å²) in [5, 5.41) is 3.36. The molecule has 1 fully saturated rings. The molecule has 116 valence electrons. The van der Waals surface area contributed by atoms with E-state index in [9.17, 15) is 4.79 Å². The fraction of sp³-hybridized carbons (Fsp3) is 0.588. The zero-order valence-corrected chi connectivity index (χ0v) is 13.0. The number of methoxy groups -OCH3 is 1. The van der Waals surface area contributed by atoms with E-state index in [0.29, 0.717) is 11.3 Å². The highest BCUT2D eigenvalue weighted by Crippen LogP contribution is 2.30. The number of esters is 1. The number of ether oxygens (including phenoxy) is 1. The Morgan fingerprint density at radius 3 is 2.71 bits per heavy atom. The molecule has 1 saturated carbocycles. The van der Waals surface area contributed by atoms with Gasteiger partial charge in [-0.2, -0.15) is 0 Å². The van der Waals surface area contributed by atoms with Crippen molar-refractivity contribution in [3.63, 3.8) is 0 Å². The first-order valence-corrected chi connectivity index (χ1v) is 7.82. The normalized spacial score (nSPS) is 21.8. The zero-order chi connectivity index (χ0) is 15.2. The number of nitrogen functional groups attached to an aromatic ring is 1. The smallest absolute Gasteiger partial charge is 0.340 e. The van der Waals surface area contributed by atoms with Gasteiger partial charge in [0.1, 0.15) is 0 Å². The lowest BCUT2D eigenvalue weighted by atomic mass is 9.81. The molecular formula is C17H26N2O2. The fourth-order valence-electron chi connectivity index (χ4n) is 3.04. The van der Waals surface area contributed by atoms with E-state index < -0.39 is 5.97 Å². The van der Waals surface area contributed by atoms with E-state index in [1.807, 2.05) is 12.1 Å². The first-order valence-electron chi connectivity index (χ1n) is 7.82. The van der Waals surface area contributed by atoms with Crippen LogP contribution in [0.1, 0.15) is 49.4 Å². The maximum atomic E-state index is 11.6. The largest absolute Gasteiger partial charge is 0.465 e. The number of para-hydroxylation sites is 1.